The average molecular weight is 124 g/mol. The van der Waals surface area contributed by atoms with E-state index in [2.05, 4.69) is 16.0 Å². The van der Waals surface area contributed by atoms with E-state index in [1.807, 2.05) is 10.7 Å². The lowest BCUT2D eigenvalue weighted by Crippen LogP contribution is -2.33. The largest absolute Gasteiger partial charge is 0.306 e. The quantitative estimate of drug-likeness (QED) is 0.504. The molecule has 0 radical (unpaired) electrons. The van der Waals surface area contributed by atoms with Crippen molar-refractivity contribution in [3.05, 3.63) is 12.3 Å². The second-order valence-electron chi connectivity index (χ2n) is 1.99. The zero-order valence-corrected chi connectivity index (χ0v) is 4.96. The van der Waals surface area contributed by atoms with E-state index in [0.29, 0.717) is 0 Å². The summed E-state index contributed by atoms with van der Waals surface area (Å²) in [7, 11) is 0. The first-order valence-corrected chi connectivity index (χ1v) is 2.97. The molecule has 0 unspecified atom stereocenters. The molecule has 4 nitrogen and oxygen atoms in total. The standard InChI is InChI=1S/C5H8N4/c1-2-7-9-4-3-6-8-5(1)9/h1-2,6,8H,3-4H2. The van der Waals surface area contributed by atoms with E-state index in [-0.39, 0.29) is 0 Å². The van der Waals surface area contributed by atoms with Crippen LogP contribution in [0.15, 0.2) is 12.3 Å². The van der Waals surface area contributed by atoms with Gasteiger partial charge in [0.2, 0.25) is 0 Å². The summed E-state index contributed by atoms with van der Waals surface area (Å²) in [5.41, 5.74) is 6.01. The summed E-state index contributed by atoms with van der Waals surface area (Å²) in [5.74, 6) is 1.04. The third-order valence-electron chi connectivity index (χ3n) is 1.38. The van der Waals surface area contributed by atoms with Gasteiger partial charge < -0.3 is 5.43 Å². The van der Waals surface area contributed by atoms with Gasteiger partial charge in [0, 0.05) is 12.6 Å². The monoisotopic (exact) mass is 124 g/mol. The van der Waals surface area contributed by atoms with Crippen molar-refractivity contribution < 1.29 is 0 Å². The van der Waals surface area contributed by atoms with E-state index in [1.165, 1.54) is 0 Å². The molecule has 0 spiro atoms. The highest BCUT2D eigenvalue weighted by Gasteiger charge is 2.04. The van der Waals surface area contributed by atoms with Crippen LogP contribution in [-0.4, -0.2) is 16.3 Å². The van der Waals surface area contributed by atoms with E-state index in [4.69, 9.17) is 0 Å². The van der Waals surface area contributed by atoms with Gasteiger partial charge in [-0.2, -0.15) is 5.10 Å². The summed E-state index contributed by atoms with van der Waals surface area (Å²) in [6.45, 7) is 1.89. The van der Waals surface area contributed by atoms with E-state index < -0.39 is 0 Å². The fourth-order valence-corrected chi connectivity index (χ4v) is 0.932. The average Bonchev–Trinajstić information content (AvgIpc) is 2.33. The molecule has 48 valence electrons. The minimum Gasteiger partial charge on any atom is -0.306 e. The number of rotatable bonds is 0. The number of fused-ring (bicyclic) bond motifs is 1. The van der Waals surface area contributed by atoms with Crippen molar-refractivity contribution in [2.75, 3.05) is 12.0 Å². The number of hydrogen-bond donors (Lipinski definition) is 2. The Labute approximate surface area is 52.8 Å². The number of hydrogen-bond acceptors (Lipinski definition) is 3. The van der Waals surface area contributed by atoms with Crippen LogP contribution in [0.2, 0.25) is 0 Å². The summed E-state index contributed by atoms with van der Waals surface area (Å²) in [4.78, 5) is 0. The maximum atomic E-state index is 4.07. The third kappa shape index (κ3) is 0.675. The lowest BCUT2D eigenvalue weighted by molar-refractivity contribution is 0.546. The highest BCUT2D eigenvalue weighted by Crippen LogP contribution is 2.05. The first-order valence-electron chi connectivity index (χ1n) is 2.97. The normalized spacial score (nSPS) is 16.4. The smallest absolute Gasteiger partial charge is 0.138 e. The van der Waals surface area contributed by atoms with Crippen molar-refractivity contribution in [2.24, 2.45) is 0 Å². The van der Waals surface area contributed by atoms with Crippen molar-refractivity contribution in [3.63, 3.8) is 0 Å². The van der Waals surface area contributed by atoms with Crippen LogP contribution in [-0.2, 0) is 6.54 Å². The molecule has 0 saturated carbocycles. The van der Waals surface area contributed by atoms with Gasteiger partial charge in [0.25, 0.3) is 0 Å². The summed E-state index contributed by atoms with van der Waals surface area (Å²) < 4.78 is 1.93. The van der Waals surface area contributed by atoms with Crippen LogP contribution in [0.25, 0.3) is 0 Å². The fourth-order valence-electron chi connectivity index (χ4n) is 0.932. The molecule has 0 bridgehead atoms. The molecule has 2 N–H and O–H groups in total. The number of hydrazine groups is 1. The van der Waals surface area contributed by atoms with Gasteiger partial charge in [0.1, 0.15) is 5.82 Å². The van der Waals surface area contributed by atoms with Gasteiger partial charge in [-0.25, -0.2) is 10.1 Å². The zero-order chi connectivity index (χ0) is 6.10. The first kappa shape index (κ1) is 4.81. The second-order valence-corrected chi connectivity index (χ2v) is 1.99. The molecule has 1 aromatic heterocycles. The molecule has 0 atom stereocenters. The molecule has 1 aliphatic heterocycles. The lowest BCUT2D eigenvalue weighted by Gasteiger charge is -2.15. The zero-order valence-electron chi connectivity index (χ0n) is 4.96. The Morgan fingerprint density at radius 3 is 3.56 bits per heavy atom. The van der Waals surface area contributed by atoms with Crippen LogP contribution in [0.5, 0.6) is 0 Å². The van der Waals surface area contributed by atoms with Crippen LogP contribution in [0.3, 0.4) is 0 Å². The summed E-state index contributed by atoms with van der Waals surface area (Å²) in [6.07, 6.45) is 1.79. The number of nitrogens with one attached hydrogen (secondary N) is 2. The Morgan fingerprint density at radius 2 is 2.67 bits per heavy atom. The van der Waals surface area contributed by atoms with Crippen LogP contribution in [0.1, 0.15) is 0 Å². The van der Waals surface area contributed by atoms with Crippen molar-refractivity contribution in [1.82, 2.24) is 15.2 Å². The van der Waals surface area contributed by atoms with Crippen LogP contribution >= 0.6 is 0 Å². The number of aromatic nitrogens is 2. The Hall–Kier alpha value is -1.03. The molecule has 2 rings (SSSR count). The predicted octanol–water partition coefficient (Wildman–Crippen LogP) is -0.187. The highest BCUT2D eigenvalue weighted by atomic mass is 15.5. The molecular weight excluding hydrogens is 116 g/mol. The van der Waals surface area contributed by atoms with E-state index in [1.54, 1.807) is 6.20 Å². The molecule has 0 aromatic carbocycles. The minimum atomic E-state index is 0.939. The maximum absolute atomic E-state index is 4.07. The molecule has 2 heterocycles. The molecule has 0 amide bonds. The predicted molar refractivity (Wildman–Crippen MR) is 33.9 cm³/mol. The molecule has 0 fully saturated rings. The highest BCUT2D eigenvalue weighted by molar-refractivity contribution is 5.33. The number of nitrogens with zero attached hydrogens (tertiary/aromatic N) is 2. The fraction of sp³-hybridized carbons (Fsp3) is 0.400. The molecule has 1 aromatic rings. The Balaban J connectivity index is 2.39. The van der Waals surface area contributed by atoms with Gasteiger partial charge >= 0.3 is 0 Å². The Kier molecular flexibility index (Phi) is 0.927. The van der Waals surface area contributed by atoms with Gasteiger partial charge in [0.05, 0.1) is 12.7 Å². The Morgan fingerprint density at radius 1 is 1.67 bits per heavy atom. The third-order valence-corrected chi connectivity index (χ3v) is 1.38. The summed E-state index contributed by atoms with van der Waals surface area (Å²) >= 11 is 0. The van der Waals surface area contributed by atoms with Gasteiger partial charge in [-0.1, -0.05) is 0 Å². The van der Waals surface area contributed by atoms with Crippen molar-refractivity contribution >= 4 is 5.82 Å². The van der Waals surface area contributed by atoms with E-state index >= 15 is 0 Å². The van der Waals surface area contributed by atoms with Crippen molar-refractivity contribution in [3.8, 4) is 0 Å². The van der Waals surface area contributed by atoms with Crippen LogP contribution < -0.4 is 10.9 Å². The summed E-state index contributed by atoms with van der Waals surface area (Å²) in [5, 5.41) is 4.07. The summed E-state index contributed by atoms with van der Waals surface area (Å²) in [6, 6.07) is 1.94. The molecular formula is C5H8N4. The minimum absolute atomic E-state index is 0.939. The van der Waals surface area contributed by atoms with Crippen LogP contribution in [0, 0.1) is 0 Å². The van der Waals surface area contributed by atoms with E-state index in [0.717, 1.165) is 18.9 Å². The topological polar surface area (TPSA) is 41.9 Å². The molecule has 9 heavy (non-hydrogen) atoms. The first-order chi connectivity index (χ1) is 4.47. The van der Waals surface area contributed by atoms with Gasteiger partial charge in [-0.05, 0) is 0 Å². The molecule has 1 aliphatic rings. The lowest BCUT2D eigenvalue weighted by atomic mass is 10.5. The van der Waals surface area contributed by atoms with Crippen molar-refractivity contribution in [1.29, 1.82) is 0 Å². The number of anilines is 1. The van der Waals surface area contributed by atoms with Gasteiger partial charge in [-0.3, -0.25) is 0 Å². The van der Waals surface area contributed by atoms with Gasteiger partial charge in [-0.15, -0.1) is 0 Å². The van der Waals surface area contributed by atoms with Crippen molar-refractivity contribution in [2.45, 2.75) is 6.54 Å². The van der Waals surface area contributed by atoms with E-state index in [9.17, 15) is 0 Å². The van der Waals surface area contributed by atoms with Crippen LogP contribution in [0.4, 0.5) is 5.82 Å². The molecule has 0 saturated heterocycles. The maximum Gasteiger partial charge on any atom is 0.138 e. The van der Waals surface area contributed by atoms with Gasteiger partial charge in [0.15, 0.2) is 0 Å². The molecule has 0 aliphatic carbocycles. The molecule has 4 heteroatoms. The Bertz CT molecular complexity index is 184. The second kappa shape index (κ2) is 1.73. The SMILES string of the molecule is c1cc2n(n1)CCNN2.